The fourth-order valence-corrected chi connectivity index (χ4v) is 0.846. The summed E-state index contributed by atoms with van der Waals surface area (Å²) in [6.45, 7) is 4.44. The number of carbonyl (C=O) groups is 1. The molecule has 2 N–H and O–H groups in total. The van der Waals surface area contributed by atoms with Crippen LogP contribution in [0.2, 0.25) is 0 Å². The summed E-state index contributed by atoms with van der Waals surface area (Å²) in [4.78, 5) is 10.2. The van der Waals surface area contributed by atoms with Gasteiger partial charge in [0.2, 0.25) is 0 Å². The number of carbonyl (C=O) groups excluding carboxylic acids is 1. The van der Waals surface area contributed by atoms with Crippen LogP contribution in [-0.4, -0.2) is 12.8 Å². The molecule has 0 aliphatic heterocycles. The summed E-state index contributed by atoms with van der Waals surface area (Å²) in [5.41, 5.74) is 6.66. The molecule has 0 amide bonds. The second-order valence-corrected chi connectivity index (χ2v) is 2.83. The monoisotopic (exact) mass is 191 g/mol. The number of rotatable bonds is 2. The first-order valence-corrected chi connectivity index (χ1v) is 4.63. The average Bonchev–Trinajstić information content (AvgIpc) is 2.20. The zero-order chi connectivity index (χ0) is 10.8. The molecule has 14 heavy (non-hydrogen) atoms. The predicted molar refractivity (Wildman–Crippen MR) is 60.9 cm³/mol. The van der Waals surface area contributed by atoms with Gasteiger partial charge in [0.25, 0.3) is 0 Å². The van der Waals surface area contributed by atoms with Crippen molar-refractivity contribution < 1.29 is 4.79 Å². The van der Waals surface area contributed by atoms with E-state index < -0.39 is 0 Å². The summed E-state index contributed by atoms with van der Waals surface area (Å²) in [5.74, 6) is 0. The molecule has 0 heterocycles. The SMILES string of the molecule is C/C(C=O)=C\c1ccccc1.CCN. The molecule has 0 radical (unpaired) electrons. The van der Waals surface area contributed by atoms with Gasteiger partial charge in [0.15, 0.2) is 0 Å². The lowest BCUT2D eigenvalue weighted by atomic mass is 10.1. The molecule has 0 aromatic heterocycles. The van der Waals surface area contributed by atoms with Gasteiger partial charge < -0.3 is 5.73 Å². The molecule has 0 bridgehead atoms. The Bertz CT molecular complexity index is 278. The minimum Gasteiger partial charge on any atom is -0.331 e. The molecule has 0 fully saturated rings. The molecule has 0 saturated heterocycles. The van der Waals surface area contributed by atoms with E-state index in [-0.39, 0.29) is 0 Å². The van der Waals surface area contributed by atoms with Crippen LogP contribution >= 0.6 is 0 Å². The number of hydrogen-bond acceptors (Lipinski definition) is 2. The van der Waals surface area contributed by atoms with E-state index in [0.29, 0.717) is 0 Å². The Morgan fingerprint density at radius 2 is 1.86 bits per heavy atom. The van der Waals surface area contributed by atoms with E-state index in [9.17, 15) is 4.79 Å². The summed E-state index contributed by atoms with van der Waals surface area (Å²) in [6.07, 6.45) is 2.71. The molecule has 76 valence electrons. The molecule has 0 saturated carbocycles. The molecule has 0 aliphatic rings. The third kappa shape index (κ3) is 6.14. The molecular formula is C12H17NO. The highest BCUT2D eigenvalue weighted by Crippen LogP contribution is 2.03. The lowest BCUT2D eigenvalue weighted by molar-refractivity contribution is -0.104. The largest absolute Gasteiger partial charge is 0.331 e. The van der Waals surface area contributed by atoms with Gasteiger partial charge in [-0.05, 0) is 30.7 Å². The summed E-state index contributed by atoms with van der Waals surface area (Å²) >= 11 is 0. The van der Waals surface area contributed by atoms with Crippen LogP contribution < -0.4 is 5.73 Å². The highest BCUT2D eigenvalue weighted by molar-refractivity contribution is 5.80. The van der Waals surface area contributed by atoms with Gasteiger partial charge in [0.05, 0.1) is 0 Å². The van der Waals surface area contributed by atoms with Gasteiger partial charge in [-0.3, -0.25) is 4.79 Å². The van der Waals surface area contributed by atoms with Crippen molar-refractivity contribution >= 4 is 12.4 Å². The van der Waals surface area contributed by atoms with Gasteiger partial charge in [-0.15, -0.1) is 0 Å². The first-order valence-electron chi connectivity index (χ1n) is 4.63. The predicted octanol–water partition coefficient (Wildman–Crippen LogP) is 2.25. The maximum Gasteiger partial charge on any atom is 0.145 e. The highest BCUT2D eigenvalue weighted by atomic mass is 16.1. The van der Waals surface area contributed by atoms with Crippen LogP contribution in [0.15, 0.2) is 35.9 Å². The van der Waals surface area contributed by atoms with E-state index in [2.05, 4.69) is 0 Å². The normalized spacial score (nSPS) is 10.1. The van der Waals surface area contributed by atoms with Crippen LogP contribution in [-0.2, 0) is 4.79 Å². The van der Waals surface area contributed by atoms with Crippen molar-refractivity contribution in [2.45, 2.75) is 13.8 Å². The molecule has 2 heteroatoms. The number of hydrogen-bond donors (Lipinski definition) is 1. The zero-order valence-electron chi connectivity index (χ0n) is 8.73. The van der Waals surface area contributed by atoms with Gasteiger partial charge in [-0.2, -0.15) is 0 Å². The van der Waals surface area contributed by atoms with E-state index >= 15 is 0 Å². The number of benzene rings is 1. The molecule has 1 rings (SSSR count). The van der Waals surface area contributed by atoms with Crippen LogP contribution in [0, 0.1) is 0 Å². The van der Waals surface area contributed by atoms with Crippen molar-refractivity contribution in [2.75, 3.05) is 6.54 Å². The van der Waals surface area contributed by atoms with E-state index in [0.717, 1.165) is 24.0 Å². The summed E-state index contributed by atoms with van der Waals surface area (Å²) in [5, 5.41) is 0. The van der Waals surface area contributed by atoms with Crippen LogP contribution in [0.5, 0.6) is 0 Å². The van der Waals surface area contributed by atoms with Crippen LogP contribution in [0.1, 0.15) is 19.4 Å². The van der Waals surface area contributed by atoms with E-state index in [4.69, 9.17) is 5.73 Å². The van der Waals surface area contributed by atoms with Gasteiger partial charge >= 0.3 is 0 Å². The average molecular weight is 191 g/mol. The summed E-state index contributed by atoms with van der Waals surface area (Å²) in [7, 11) is 0. The smallest absolute Gasteiger partial charge is 0.145 e. The Labute approximate surface area is 85.4 Å². The second-order valence-electron chi connectivity index (χ2n) is 2.83. The standard InChI is InChI=1S/C10H10O.C2H7N/c1-9(8-11)7-10-5-3-2-4-6-10;1-2-3/h2-8H,1H3;2-3H2,1H3/b9-7+;. The van der Waals surface area contributed by atoms with Gasteiger partial charge in [0.1, 0.15) is 6.29 Å². The zero-order valence-corrected chi connectivity index (χ0v) is 8.73. The van der Waals surface area contributed by atoms with Crippen LogP contribution in [0.25, 0.3) is 6.08 Å². The van der Waals surface area contributed by atoms with E-state index in [1.807, 2.05) is 43.3 Å². The Balaban J connectivity index is 0.000000500. The molecule has 1 aromatic carbocycles. The Hall–Kier alpha value is -1.41. The highest BCUT2D eigenvalue weighted by Gasteiger charge is 1.85. The van der Waals surface area contributed by atoms with Crippen LogP contribution in [0.3, 0.4) is 0 Å². The van der Waals surface area contributed by atoms with Crippen molar-refractivity contribution in [3.8, 4) is 0 Å². The van der Waals surface area contributed by atoms with Crippen LogP contribution in [0.4, 0.5) is 0 Å². The second kappa shape index (κ2) is 8.20. The molecule has 1 aromatic rings. The lowest BCUT2D eigenvalue weighted by Gasteiger charge is -1.90. The van der Waals surface area contributed by atoms with Gasteiger partial charge in [-0.25, -0.2) is 0 Å². The molecule has 0 spiro atoms. The molecular weight excluding hydrogens is 174 g/mol. The third-order valence-corrected chi connectivity index (χ3v) is 1.38. The Kier molecular flexibility index (Phi) is 7.37. The minimum absolute atomic E-state index is 0.746. The van der Waals surface area contributed by atoms with Gasteiger partial charge in [0, 0.05) is 0 Å². The summed E-state index contributed by atoms with van der Waals surface area (Å²) in [6, 6.07) is 9.78. The Morgan fingerprint density at radius 3 is 2.29 bits per heavy atom. The number of nitrogens with two attached hydrogens (primary N) is 1. The van der Waals surface area contributed by atoms with E-state index in [1.54, 1.807) is 6.92 Å². The maximum absolute atomic E-state index is 10.2. The first kappa shape index (κ1) is 12.6. The van der Waals surface area contributed by atoms with Crippen molar-refractivity contribution in [1.29, 1.82) is 0 Å². The number of allylic oxidation sites excluding steroid dienone is 1. The van der Waals surface area contributed by atoms with Crippen molar-refractivity contribution in [1.82, 2.24) is 0 Å². The van der Waals surface area contributed by atoms with Gasteiger partial charge in [-0.1, -0.05) is 37.3 Å². The minimum atomic E-state index is 0.746. The van der Waals surface area contributed by atoms with Crippen molar-refractivity contribution in [2.24, 2.45) is 5.73 Å². The molecule has 0 atom stereocenters. The van der Waals surface area contributed by atoms with E-state index in [1.165, 1.54) is 0 Å². The fourth-order valence-electron chi connectivity index (χ4n) is 0.846. The molecule has 2 nitrogen and oxygen atoms in total. The summed E-state index contributed by atoms with van der Waals surface area (Å²) < 4.78 is 0. The molecule has 0 unspecified atom stereocenters. The fraction of sp³-hybridized carbons (Fsp3) is 0.250. The maximum atomic E-state index is 10.2. The topological polar surface area (TPSA) is 43.1 Å². The van der Waals surface area contributed by atoms with Crippen molar-refractivity contribution in [3.63, 3.8) is 0 Å². The Morgan fingerprint density at radius 1 is 1.36 bits per heavy atom. The third-order valence-electron chi connectivity index (χ3n) is 1.38. The number of aldehydes is 1. The molecule has 0 aliphatic carbocycles. The first-order chi connectivity index (χ1) is 6.74. The quantitative estimate of drug-likeness (QED) is 0.575. The van der Waals surface area contributed by atoms with Crippen molar-refractivity contribution in [3.05, 3.63) is 41.5 Å². The lowest BCUT2D eigenvalue weighted by Crippen LogP contribution is -1.87.